The second kappa shape index (κ2) is 12.0. The average molecular weight is 473 g/mol. The molecular formula is C25H24FFeN3O2+2. The molecule has 10 radical (unpaired) electrons. The normalized spacial score (nSPS) is 20.9. The molecule has 0 saturated heterocycles. The van der Waals surface area contributed by atoms with Crippen molar-refractivity contribution in [1.82, 2.24) is 14.7 Å². The number of fused-ring (bicyclic) bond motifs is 1. The molecule has 32 heavy (non-hydrogen) atoms. The van der Waals surface area contributed by atoms with Gasteiger partial charge in [-0.1, -0.05) is 18.2 Å². The topological polar surface area (TPSA) is 58.4 Å². The Labute approximate surface area is 200 Å². The number of hydrogen-bond acceptors (Lipinski definition) is 3. The zero-order valence-electron chi connectivity index (χ0n) is 17.4. The van der Waals surface area contributed by atoms with Gasteiger partial charge >= 0.3 is 17.1 Å². The summed E-state index contributed by atoms with van der Waals surface area (Å²) in [5, 5.41) is 14.8. The van der Waals surface area contributed by atoms with Crippen molar-refractivity contribution in [2.24, 2.45) is 0 Å². The van der Waals surface area contributed by atoms with Crippen LogP contribution in [0.3, 0.4) is 0 Å². The van der Waals surface area contributed by atoms with E-state index in [1.807, 2.05) is 57.8 Å². The van der Waals surface area contributed by atoms with Crippen LogP contribution in [-0.2, 0) is 30.0 Å². The molecule has 1 atom stereocenters. The van der Waals surface area contributed by atoms with Crippen LogP contribution in [0.25, 0.3) is 0 Å². The summed E-state index contributed by atoms with van der Waals surface area (Å²) in [5.41, 5.74) is 1.72. The Bertz CT molecular complexity index is 870. The molecule has 3 aliphatic rings. The summed E-state index contributed by atoms with van der Waals surface area (Å²) in [6, 6.07) is 8.30. The third-order valence-corrected chi connectivity index (χ3v) is 5.22. The molecule has 1 aliphatic heterocycles. The van der Waals surface area contributed by atoms with Gasteiger partial charge in [-0.2, -0.15) is 5.10 Å². The minimum atomic E-state index is -0.715. The molecule has 2 aliphatic carbocycles. The van der Waals surface area contributed by atoms with Crippen LogP contribution in [0.1, 0.15) is 21.7 Å². The van der Waals surface area contributed by atoms with Crippen molar-refractivity contribution in [3.05, 3.63) is 117 Å². The van der Waals surface area contributed by atoms with E-state index in [0.717, 1.165) is 5.92 Å². The molecule has 7 heteroatoms. The monoisotopic (exact) mass is 473 g/mol. The second-order valence-corrected chi connectivity index (χ2v) is 7.48. The van der Waals surface area contributed by atoms with Gasteiger partial charge in [-0.25, -0.2) is 4.39 Å². The maximum atomic E-state index is 13.8. The van der Waals surface area contributed by atoms with Gasteiger partial charge in [0.05, 0.1) is 18.3 Å². The molecule has 5 nitrogen and oxygen atoms in total. The number of hydrogen-bond donors (Lipinski definition) is 1. The summed E-state index contributed by atoms with van der Waals surface area (Å²) in [5.74, 6) is 0.466. The van der Waals surface area contributed by atoms with E-state index in [-0.39, 0.29) is 41.9 Å². The first kappa shape index (κ1) is 24.9. The van der Waals surface area contributed by atoms with E-state index in [4.69, 9.17) is 0 Å². The number of aliphatic hydroxyl groups excluding tert-OH is 1. The Kier molecular flexibility index (Phi) is 9.33. The van der Waals surface area contributed by atoms with Crippen LogP contribution in [0.15, 0.2) is 30.3 Å². The van der Waals surface area contributed by atoms with Crippen molar-refractivity contribution in [3.8, 4) is 0 Å². The van der Waals surface area contributed by atoms with Crippen LogP contribution in [0, 0.1) is 69.5 Å². The van der Waals surface area contributed by atoms with E-state index >= 15 is 0 Å². The molecule has 0 bridgehead atoms. The van der Waals surface area contributed by atoms with E-state index in [1.165, 1.54) is 6.07 Å². The van der Waals surface area contributed by atoms with Crippen molar-refractivity contribution < 1.29 is 31.4 Å². The molecule has 1 aromatic carbocycles. The smallest absolute Gasteiger partial charge is 0.389 e. The summed E-state index contributed by atoms with van der Waals surface area (Å²) in [6.07, 6.45) is 17.4. The number of benzene rings is 1. The number of carbonyl (C=O) groups excluding carboxylic acids is 1. The fraction of sp³-hybridized carbons (Fsp3) is 0.200. The van der Waals surface area contributed by atoms with Gasteiger partial charge < -0.3 is 10.0 Å². The number of carbonyl (C=O) groups is 1. The van der Waals surface area contributed by atoms with Gasteiger partial charge in [-0.05, 0) is 81.9 Å². The number of halogens is 1. The van der Waals surface area contributed by atoms with Gasteiger partial charge in [0.2, 0.25) is 0 Å². The van der Waals surface area contributed by atoms with Crippen molar-refractivity contribution in [2.45, 2.75) is 19.1 Å². The van der Waals surface area contributed by atoms with E-state index in [1.54, 1.807) is 33.8 Å². The minimum absolute atomic E-state index is 0. The van der Waals surface area contributed by atoms with Crippen molar-refractivity contribution in [2.75, 3.05) is 13.1 Å². The number of aliphatic hydroxyl groups is 1. The summed E-state index contributed by atoms with van der Waals surface area (Å²) >= 11 is 0. The number of aromatic nitrogens is 2. The summed E-state index contributed by atoms with van der Waals surface area (Å²) < 4.78 is 15.4. The van der Waals surface area contributed by atoms with Gasteiger partial charge in [-0.3, -0.25) is 9.48 Å². The summed E-state index contributed by atoms with van der Waals surface area (Å²) in [7, 11) is 0. The standard InChI is InChI=1S/C20H19FN3O2.C5H5.Fe/c21-17-8-4-3-5-14(17)9-10-23-12-16(25)13-24-19(20(23)26)11-18(22-24)15-6-1-2-7-15;1-2-4-5-3-1;/h1-8,11,16,25H,9-10,12-13H2;1-5H;/q;;+2/t16-;;/m0../s1. The molecule has 2 heterocycles. The largest absolute Gasteiger partial charge is 2.00 e. The Morgan fingerprint density at radius 3 is 2.31 bits per heavy atom. The maximum Gasteiger partial charge on any atom is 2.00 e. The predicted octanol–water partition coefficient (Wildman–Crippen LogP) is 2.85. The van der Waals surface area contributed by atoms with Crippen LogP contribution in [0.5, 0.6) is 0 Å². The molecule has 2 saturated carbocycles. The fourth-order valence-electron chi connectivity index (χ4n) is 3.64. The van der Waals surface area contributed by atoms with Gasteiger partial charge in [0, 0.05) is 19.0 Å². The second-order valence-electron chi connectivity index (χ2n) is 7.48. The minimum Gasteiger partial charge on any atom is -0.389 e. The molecule has 2 aromatic rings. The Balaban J connectivity index is 0.000000427. The third kappa shape index (κ3) is 6.21. The number of rotatable bonds is 4. The van der Waals surface area contributed by atoms with Crippen LogP contribution in [0.4, 0.5) is 4.39 Å². The van der Waals surface area contributed by atoms with E-state index in [2.05, 4.69) is 5.10 Å². The van der Waals surface area contributed by atoms with Crippen LogP contribution in [-0.4, -0.2) is 44.9 Å². The summed E-state index contributed by atoms with van der Waals surface area (Å²) in [6.45, 7) is 0.814. The molecule has 0 unspecified atom stereocenters. The Morgan fingerprint density at radius 2 is 1.66 bits per heavy atom. The number of nitrogens with zero attached hydrogens (tertiary/aromatic N) is 3. The van der Waals surface area contributed by atoms with Crippen LogP contribution in [0.2, 0.25) is 0 Å². The molecule has 1 aromatic heterocycles. The predicted molar refractivity (Wildman–Crippen MR) is 115 cm³/mol. The first-order chi connectivity index (χ1) is 15.1. The third-order valence-electron chi connectivity index (χ3n) is 5.22. The molecule has 0 spiro atoms. The van der Waals surface area contributed by atoms with Crippen molar-refractivity contribution in [1.29, 1.82) is 0 Å². The zero-order chi connectivity index (χ0) is 21.6. The van der Waals surface area contributed by atoms with Crippen molar-refractivity contribution in [3.63, 3.8) is 0 Å². The van der Waals surface area contributed by atoms with E-state index in [0.29, 0.717) is 29.9 Å². The van der Waals surface area contributed by atoms with Gasteiger partial charge in [0.1, 0.15) is 11.5 Å². The summed E-state index contributed by atoms with van der Waals surface area (Å²) in [4.78, 5) is 14.5. The van der Waals surface area contributed by atoms with Gasteiger partial charge in [-0.15, -0.1) is 0 Å². The first-order valence-electron chi connectivity index (χ1n) is 10.3. The Morgan fingerprint density at radius 1 is 1.00 bits per heavy atom. The molecule has 164 valence electrons. The molecule has 2 fully saturated rings. The van der Waals surface area contributed by atoms with Gasteiger partial charge in [0.15, 0.2) is 0 Å². The molecular weight excluding hydrogens is 449 g/mol. The SMILES string of the molecule is O=C1c2cc([C]3[CH][CH][CH][CH]3)nn2C[C@@H](O)CN1CCc1ccccc1F.[CH]1[CH][CH][CH][CH]1.[Fe+2]. The first-order valence-corrected chi connectivity index (χ1v) is 10.3. The maximum absolute atomic E-state index is 13.8. The number of β-amino-alcohol motifs (C(OH)–C–C–N with tert-alkyl or cyclic N) is 1. The van der Waals surface area contributed by atoms with Crippen LogP contribution >= 0.6 is 0 Å². The van der Waals surface area contributed by atoms with E-state index in [9.17, 15) is 14.3 Å². The van der Waals surface area contributed by atoms with Crippen LogP contribution < -0.4 is 0 Å². The van der Waals surface area contributed by atoms with Crippen molar-refractivity contribution >= 4 is 5.91 Å². The molecule has 5 rings (SSSR count). The zero-order valence-corrected chi connectivity index (χ0v) is 18.5. The molecule has 1 N–H and O–H groups in total. The number of amides is 1. The Hall–Kier alpha value is -1.69. The van der Waals surface area contributed by atoms with E-state index < -0.39 is 6.10 Å². The fourth-order valence-corrected chi connectivity index (χ4v) is 3.64. The average Bonchev–Trinajstić information content (AvgIpc) is 3.54. The van der Waals surface area contributed by atoms with Gasteiger partial charge in [0.25, 0.3) is 5.91 Å². The quantitative estimate of drug-likeness (QED) is 0.696. The molecule has 1 amide bonds.